The lowest BCUT2D eigenvalue weighted by Gasteiger charge is -2.26. The van der Waals surface area contributed by atoms with E-state index < -0.39 is 0 Å². The van der Waals surface area contributed by atoms with Crippen LogP contribution in [0, 0.1) is 0 Å². The smallest absolute Gasteiger partial charge is 0.250 e. The third-order valence-electron chi connectivity index (χ3n) is 4.87. The van der Waals surface area contributed by atoms with E-state index in [0.29, 0.717) is 19.3 Å². The van der Waals surface area contributed by atoms with Gasteiger partial charge in [0.15, 0.2) is 11.5 Å². The van der Waals surface area contributed by atoms with Gasteiger partial charge in [0, 0.05) is 31.9 Å². The maximum absolute atomic E-state index is 11.8. The van der Waals surface area contributed by atoms with E-state index in [4.69, 9.17) is 9.47 Å². The van der Waals surface area contributed by atoms with E-state index in [1.807, 2.05) is 18.3 Å². The second-order valence-corrected chi connectivity index (χ2v) is 6.52. The van der Waals surface area contributed by atoms with Crippen molar-refractivity contribution in [1.82, 2.24) is 9.47 Å². The van der Waals surface area contributed by atoms with Crippen molar-refractivity contribution in [2.24, 2.45) is 7.05 Å². The van der Waals surface area contributed by atoms with Crippen LogP contribution in [0.4, 0.5) is 0 Å². The highest BCUT2D eigenvalue weighted by molar-refractivity contribution is 5.44. The lowest BCUT2D eigenvalue weighted by molar-refractivity contribution is 0.170. The SMILES string of the molecule is Cn1ccc(CN2CCCC2c2ccc3c(c2)OCCO3)cc1=O. The van der Waals surface area contributed by atoms with Crippen molar-refractivity contribution < 1.29 is 9.47 Å². The second-order valence-electron chi connectivity index (χ2n) is 6.52. The van der Waals surface area contributed by atoms with Crippen LogP contribution in [0.2, 0.25) is 0 Å². The van der Waals surface area contributed by atoms with Gasteiger partial charge in [-0.2, -0.15) is 0 Å². The molecule has 2 aliphatic rings. The minimum Gasteiger partial charge on any atom is -0.486 e. The van der Waals surface area contributed by atoms with E-state index in [1.54, 1.807) is 17.7 Å². The summed E-state index contributed by atoms with van der Waals surface area (Å²) in [6, 6.07) is 10.4. The van der Waals surface area contributed by atoms with Crippen LogP contribution in [0.25, 0.3) is 0 Å². The highest BCUT2D eigenvalue weighted by atomic mass is 16.6. The number of benzene rings is 1. The first-order valence-electron chi connectivity index (χ1n) is 8.50. The largest absolute Gasteiger partial charge is 0.486 e. The lowest BCUT2D eigenvalue weighted by Crippen LogP contribution is -2.25. The Labute approximate surface area is 141 Å². The molecule has 0 amide bonds. The number of hydrogen-bond acceptors (Lipinski definition) is 4. The predicted octanol–water partition coefficient (Wildman–Crippen LogP) is 2.49. The first kappa shape index (κ1) is 15.3. The fourth-order valence-corrected chi connectivity index (χ4v) is 3.58. The number of nitrogens with zero attached hydrogens (tertiary/aromatic N) is 2. The first-order valence-corrected chi connectivity index (χ1v) is 8.50. The summed E-state index contributed by atoms with van der Waals surface area (Å²) in [5.74, 6) is 1.68. The van der Waals surface area contributed by atoms with Crippen LogP contribution in [0.3, 0.4) is 0 Å². The Bertz CT molecular complexity index is 799. The minimum atomic E-state index is 0.0441. The normalized spacial score (nSPS) is 20.3. The maximum Gasteiger partial charge on any atom is 0.250 e. The summed E-state index contributed by atoms with van der Waals surface area (Å²) in [7, 11) is 1.78. The highest BCUT2D eigenvalue weighted by Gasteiger charge is 2.27. The second kappa shape index (κ2) is 6.32. The van der Waals surface area contributed by atoms with Gasteiger partial charge in [-0.3, -0.25) is 9.69 Å². The highest BCUT2D eigenvalue weighted by Crippen LogP contribution is 2.38. The molecular weight excluding hydrogens is 304 g/mol. The van der Waals surface area contributed by atoms with Crippen LogP contribution in [-0.4, -0.2) is 29.2 Å². The number of fused-ring (bicyclic) bond motifs is 1. The molecule has 1 aromatic carbocycles. The van der Waals surface area contributed by atoms with Gasteiger partial charge in [-0.05, 0) is 48.7 Å². The molecule has 2 aromatic rings. The standard InChI is InChI=1S/C19H22N2O3/c1-20-8-6-14(11-19(20)22)13-21-7-2-3-16(21)15-4-5-17-18(12-15)24-10-9-23-17/h4-6,8,11-12,16H,2-3,7,9-10,13H2,1H3. The van der Waals surface area contributed by atoms with E-state index in [-0.39, 0.29) is 5.56 Å². The van der Waals surface area contributed by atoms with Gasteiger partial charge in [0.05, 0.1) is 0 Å². The Balaban J connectivity index is 1.56. The Morgan fingerprint density at radius 2 is 1.96 bits per heavy atom. The maximum atomic E-state index is 11.8. The van der Waals surface area contributed by atoms with Crippen LogP contribution in [0.5, 0.6) is 11.5 Å². The molecule has 0 N–H and O–H groups in total. The van der Waals surface area contributed by atoms with Crippen LogP contribution >= 0.6 is 0 Å². The quantitative estimate of drug-likeness (QED) is 0.869. The third kappa shape index (κ3) is 2.91. The van der Waals surface area contributed by atoms with Gasteiger partial charge in [-0.1, -0.05) is 6.07 Å². The molecule has 0 radical (unpaired) electrons. The van der Waals surface area contributed by atoms with Crippen LogP contribution < -0.4 is 15.0 Å². The van der Waals surface area contributed by atoms with Crippen molar-refractivity contribution in [3.8, 4) is 11.5 Å². The van der Waals surface area contributed by atoms with Crippen molar-refractivity contribution >= 4 is 0 Å². The molecule has 4 rings (SSSR count). The first-order chi connectivity index (χ1) is 11.7. The summed E-state index contributed by atoms with van der Waals surface area (Å²) in [6.07, 6.45) is 4.14. The van der Waals surface area contributed by atoms with Gasteiger partial charge in [0.25, 0.3) is 5.56 Å². The van der Waals surface area contributed by atoms with E-state index in [9.17, 15) is 4.79 Å². The molecule has 24 heavy (non-hydrogen) atoms. The summed E-state index contributed by atoms with van der Waals surface area (Å²) in [5, 5.41) is 0. The zero-order chi connectivity index (χ0) is 16.5. The zero-order valence-electron chi connectivity index (χ0n) is 13.9. The molecule has 1 saturated heterocycles. The monoisotopic (exact) mass is 326 g/mol. The molecule has 1 fully saturated rings. The van der Waals surface area contributed by atoms with Crippen LogP contribution in [0.15, 0.2) is 41.3 Å². The van der Waals surface area contributed by atoms with Gasteiger partial charge in [-0.15, -0.1) is 0 Å². The number of likely N-dealkylation sites (tertiary alicyclic amines) is 1. The lowest BCUT2D eigenvalue weighted by atomic mass is 10.0. The van der Waals surface area contributed by atoms with Gasteiger partial charge < -0.3 is 14.0 Å². The molecule has 126 valence electrons. The Hall–Kier alpha value is -2.27. The van der Waals surface area contributed by atoms with Crippen molar-refractivity contribution in [3.05, 3.63) is 58.0 Å². The predicted molar refractivity (Wildman–Crippen MR) is 91.5 cm³/mol. The number of ether oxygens (including phenoxy) is 2. The zero-order valence-corrected chi connectivity index (χ0v) is 13.9. The summed E-state index contributed by atoms with van der Waals surface area (Å²) < 4.78 is 12.9. The molecule has 0 spiro atoms. The van der Waals surface area contributed by atoms with Crippen molar-refractivity contribution in [2.45, 2.75) is 25.4 Å². The molecule has 0 bridgehead atoms. The molecule has 5 heteroatoms. The van der Waals surface area contributed by atoms with E-state index in [1.165, 1.54) is 12.0 Å². The molecule has 5 nitrogen and oxygen atoms in total. The van der Waals surface area contributed by atoms with Gasteiger partial charge >= 0.3 is 0 Å². The Morgan fingerprint density at radius 1 is 1.12 bits per heavy atom. The molecule has 0 aliphatic carbocycles. The van der Waals surface area contributed by atoms with Crippen LogP contribution in [0.1, 0.15) is 30.0 Å². The van der Waals surface area contributed by atoms with Crippen molar-refractivity contribution in [2.75, 3.05) is 19.8 Å². The van der Waals surface area contributed by atoms with Gasteiger partial charge in [-0.25, -0.2) is 0 Å². The molecule has 1 unspecified atom stereocenters. The van der Waals surface area contributed by atoms with Crippen molar-refractivity contribution in [3.63, 3.8) is 0 Å². The number of aryl methyl sites for hydroxylation is 1. The Morgan fingerprint density at radius 3 is 2.79 bits per heavy atom. The van der Waals surface area contributed by atoms with E-state index in [2.05, 4.69) is 17.0 Å². The van der Waals surface area contributed by atoms with E-state index in [0.717, 1.165) is 36.6 Å². The number of hydrogen-bond donors (Lipinski definition) is 0. The fourth-order valence-electron chi connectivity index (χ4n) is 3.58. The average Bonchev–Trinajstić information content (AvgIpc) is 3.06. The molecule has 1 aromatic heterocycles. The van der Waals surface area contributed by atoms with Gasteiger partial charge in [0.1, 0.15) is 13.2 Å². The Kier molecular flexibility index (Phi) is 4.02. The summed E-state index contributed by atoms with van der Waals surface area (Å²) in [6.45, 7) is 3.08. The summed E-state index contributed by atoms with van der Waals surface area (Å²) in [4.78, 5) is 14.3. The molecule has 2 aliphatic heterocycles. The van der Waals surface area contributed by atoms with Crippen molar-refractivity contribution in [1.29, 1.82) is 0 Å². The molecule has 3 heterocycles. The van der Waals surface area contributed by atoms with E-state index >= 15 is 0 Å². The number of aromatic nitrogens is 1. The fraction of sp³-hybridized carbons (Fsp3) is 0.421. The van der Waals surface area contributed by atoms with Gasteiger partial charge in [0.2, 0.25) is 0 Å². The number of rotatable bonds is 3. The molecular formula is C19H22N2O3. The summed E-state index contributed by atoms with van der Waals surface area (Å²) in [5.41, 5.74) is 2.38. The third-order valence-corrected chi connectivity index (χ3v) is 4.87. The minimum absolute atomic E-state index is 0.0441. The topological polar surface area (TPSA) is 43.7 Å². The molecule has 0 saturated carbocycles. The summed E-state index contributed by atoms with van der Waals surface area (Å²) >= 11 is 0. The van der Waals surface area contributed by atoms with Crippen LogP contribution in [-0.2, 0) is 13.6 Å². The molecule has 1 atom stereocenters. The number of pyridine rings is 1. The average molecular weight is 326 g/mol.